The van der Waals surface area contributed by atoms with Crippen LogP contribution < -0.4 is 4.90 Å². The zero-order chi connectivity index (χ0) is 11.8. The average Bonchev–Trinajstić information content (AvgIpc) is 2.64. The average molecular weight is 289 g/mol. The first kappa shape index (κ1) is 10.8. The molecule has 1 aliphatic rings. The Morgan fingerprint density at radius 2 is 2.00 bits per heavy atom. The van der Waals surface area contributed by atoms with Gasteiger partial charge in [-0.15, -0.1) is 0 Å². The quantitative estimate of drug-likeness (QED) is 0.739. The zero-order valence-electron chi connectivity index (χ0n) is 9.60. The number of hydrogen-bond donors (Lipinski definition) is 0. The Bertz CT molecular complexity index is 553. The summed E-state index contributed by atoms with van der Waals surface area (Å²) in [5.41, 5.74) is 2.69. The molecule has 0 saturated heterocycles. The van der Waals surface area contributed by atoms with Crippen molar-refractivity contribution in [3.63, 3.8) is 0 Å². The maximum Gasteiger partial charge on any atom is 0.134 e. The summed E-state index contributed by atoms with van der Waals surface area (Å²) in [4.78, 5) is 6.85. The van der Waals surface area contributed by atoms with Crippen LogP contribution in [0.25, 0.3) is 0 Å². The van der Waals surface area contributed by atoms with E-state index in [2.05, 4.69) is 63.1 Å². The zero-order valence-corrected chi connectivity index (χ0v) is 11.2. The standard InChI is InChI=1S/C14H13BrN2/c1-10-9-11-5-2-3-6-12(11)17(10)14-8-4-7-13(15)16-14/h2-8,10H,9H2,1H3. The molecule has 2 heterocycles. The van der Waals surface area contributed by atoms with Crippen molar-refractivity contribution in [2.24, 2.45) is 0 Å². The molecule has 1 aromatic heterocycles. The molecule has 3 rings (SSSR count). The number of fused-ring (bicyclic) bond motifs is 1. The van der Waals surface area contributed by atoms with Crippen LogP contribution in [0.5, 0.6) is 0 Å². The predicted molar refractivity (Wildman–Crippen MR) is 73.7 cm³/mol. The fraction of sp³-hybridized carbons (Fsp3) is 0.214. The first-order valence-electron chi connectivity index (χ1n) is 5.75. The number of pyridine rings is 1. The van der Waals surface area contributed by atoms with Crippen molar-refractivity contribution in [1.29, 1.82) is 0 Å². The minimum absolute atomic E-state index is 0.467. The lowest BCUT2D eigenvalue weighted by atomic mass is 10.1. The van der Waals surface area contributed by atoms with Crippen molar-refractivity contribution in [3.05, 3.63) is 52.6 Å². The predicted octanol–water partition coefficient (Wildman–Crippen LogP) is 3.93. The fourth-order valence-corrected chi connectivity index (χ4v) is 2.78. The van der Waals surface area contributed by atoms with E-state index in [1.54, 1.807) is 0 Å². The third-order valence-corrected chi connectivity index (χ3v) is 3.60. The summed E-state index contributed by atoms with van der Waals surface area (Å²) < 4.78 is 0.881. The number of halogens is 1. The summed E-state index contributed by atoms with van der Waals surface area (Å²) in [6.45, 7) is 2.24. The Labute approximate surface area is 109 Å². The van der Waals surface area contributed by atoms with Crippen molar-refractivity contribution in [2.75, 3.05) is 4.90 Å². The Hall–Kier alpha value is -1.35. The molecule has 3 heteroatoms. The third kappa shape index (κ3) is 1.84. The van der Waals surface area contributed by atoms with E-state index < -0.39 is 0 Å². The molecule has 2 nitrogen and oxygen atoms in total. The fourth-order valence-electron chi connectivity index (χ4n) is 2.45. The minimum atomic E-state index is 0.467. The molecule has 0 amide bonds. The number of para-hydroxylation sites is 1. The van der Waals surface area contributed by atoms with Gasteiger partial charge in [-0.25, -0.2) is 4.98 Å². The molecular weight excluding hydrogens is 276 g/mol. The van der Waals surface area contributed by atoms with E-state index in [1.165, 1.54) is 11.3 Å². The Balaban J connectivity index is 2.09. The lowest BCUT2D eigenvalue weighted by Crippen LogP contribution is -2.24. The normalized spacial score (nSPS) is 18.2. The van der Waals surface area contributed by atoms with E-state index in [9.17, 15) is 0 Å². The van der Waals surface area contributed by atoms with Gasteiger partial charge in [-0.3, -0.25) is 0 Å². The molecule has 1 aliphatic heterocycles. The SMILES string of the molecule is CC1Cc2ccccc2N1c1cccc(Br)n1. The van der Waals surface area contributed by atoms with E-state index in [-0.39, 0.29) is 0 Å². The summed E-state index contributed by atoms with van der Waals surface area (Å²) in [6, 6.07) is 15.1. The Morgan fingerprint density at radius 1 is 1.18 bits per heavy atom. The monoisotopic (exact) mass is 288 g/mol. The van der Waals surface area contributed by atoms with Gasteiger partial charge >= 0.3 is 0 Å². The summed E-state index contributed by atoms with van der Waals surface area (Å²) in [5, 5.41) is 0. The van der Waals surface area contributed by atoms with Gasteiger partial charge in [-0.1, -0.05) is 24.3 Å². The van der Waals surface area contributed by atoms with Crippen LogP contribution in [0.3, 0.4) is 0 Å². The largest absolute Gasteiger partial charge is 0.323 e. The number of aromatic nitrogens is 1. The summed E-state index contributed by atoms with van der Waals surface area (Å²) in [6.07, 6.45) is 1.09. The highest BCUT2D eigenvalue weighted by atomic mass is 79.9. The van der Waals surface area contributed by atoms with Crippen molar-refractivity contribution >= 4 is 27.4 Å². The van der Waals surface area contributed by atoms with Gasteiger partial charge in [-0.2, -0.15) is 0 Å². The van der Waals surface area contributed by atoms with Crippen LogP contribution in [0.4, 0.5) is 11.5 Å². The van der Waals surface area contributed by atoms with Gasteiger partial charge in [0.15, 0.2) is 0 Å². The third-order valence-electron chi connectivity index (χ3n) is 3.15. The van der Waals surface area contributed by atoms with Gasteiger partial charge in [0, 0.05) is 11.7 Å². The molecule has 86 valence electrons. The maximum atomic E-state index is 4.55. The van der Waals surface area contributed by atoms with Crippen LogP contribution in [-0.2, 0) is 6.42 Å². The molecule has 1 aromatic carbocycles. The highest BCUT2D eigenvalue weighted by molar-refractivity contribution is 9.10. The molecular formula is C14H13BrN2. The molecule has 0 spiro atoms. The molecule has 0 bridgehead atoms. The molecule has 0 saturated carbocycles. The van der Waals surface area contributed by atoms with E-state index in [1.807, 2.05) is 12.1 Å². The lowest BCUT2D eigenvalue weighted by Gasteiger charge is -2.23. The molecule has 0 aliphatic carbocycles. The van der Waals surface area contributed by atoms with E-state index in [0.29, 0.717) is 6.04 Å². The topological polar surface area (TPSA) is 16.1 Å². The highest BCUT2D eigenvalue weighted by Crippen LogP contribution is 2.37. The minimum Gasteiger partial charge on any atom is -0.323 e. The van der Waals surface area contributed by atoms with Crippen LogP contribution in [0.2, 0.25) is 0 Å². The van der Waals surface area contributed by atoms with Gasteiger partial charge in [-0.05, 0) is 53.0 Å². The van der Waals surface area contributed by atoms with Crippen molar-refractivity contribution in [2.45, 2.75) is 19.4 Å². The molecule has 0 fully saturated rings. The Morgan fingerprint density at radius 3 is 2.82 bits per heavy atom. The first-order valence-corrected chi connectivity index (χ1v) is 6.55. The van der Waals surface area contributed by atoms with Crippen LogP contribution in [0.1, 0.15) is 12.5 Å². The van der Waals surface area contributed by atoms with E-state index >= 15 is 0 Å². The van der Waals surface area contributed by atoms with E-state index in [0.717, 1.165) is 16.8 Å². The maximum absolute atomic E-state index is 4.55. The van der Waals surface area contributed by atoms with Gasteiger partial charge in [0.2, 0.25) is 0 Å². The van der Waals surface area contributed by atoms with Crippen LogP contribution >= 0.6 is 15.9 Å². The molecule has 1 unspecified atom stereocenters. The van der Waals surface area contributed by atoms with E-state index in [4.69, 9.17) is 0 Å². The molecule has 1 atom stereocenters. The van der Waals surface area contributed by atoms with Crippen molar-refractivity contribution in [1.82, 2.24) is 4.98 Å². The number of benzene rings is 1. The number of anilines is 2. The number of hydrogen-bond acceptors (Lipinski definition) is 2. The number of nitrogens with zero attached hydrogens (tertiary/aromatic N) is 2. The smallest absolute Gasteiger partial charge is 0.134 e. The van der Waals surface area contributed by atoms with Crippen LogP contribution in [0.15, 0.2) is 47.1 Å². The highest BCUT2D eigenvalue weighted by Gasteiger charge is 2.27. The second-order valence-corrected chi connectivity index (χ2v) is 5.18. The summed E-state index contributed by atoms with van der Waals surface area (Å²) in [7, 11) is 0. The van der Waals surface area contributed by atoms with Gasteiger partial charge < -0.3 is 4.90 Å². The number of rotatable bonds is 1. The second kappa shape index (κ2) is 4.15. The molecule has 2 aromatic rings. The van der Waals surface area contributed by atoms with Gasteiger partial charge in [0.25, 0.3) is 0 Å². The molecule has 0 N–H and O–H groups in total. The summed E-state index contributed by atoms with van der Waals surface area (Å²) >= 11 is 3.43. The van der Waals surface area contributed by atoms with Crippen LogP contribution in [0, 0.1) is 0 Å². The van der Waals surface area contributed by atoms with Crippen molar-refractivity contribution < 1.29 is 0 Å². The molecule has 0 radical (unpaired) electrons. The molecule has 17 heavy (non-hydrogen) atoms. The van der Waals surface area contributed by atoms with Crippen molar-refractivity contribution in [3.8, 4) is 0 Å². The summed E-state index contributed by atoms with van der Waals surface area (Å²) in [5.74, 6) is 1.01. The second-order valence-electron chi connectivity index (χ2n) is 4.37. The lowest BCUT2D eigenvalue weighted by molar-refractivity contribution is 0.750. The first-order chi connectivity index (χ1) is 8.25. The van der Waals surface area contributed by atoms with Gasteiger partial charge in [0.05, 0.1) is 0 Å². The Kier molecular flexibility index (Phi) is 2.63. The van der Waals surface area contributed by atoms with Gasteiger partial charge in [0.1, 0.15) is 10.4 Å². The van der Waals surface area contributed by atoms with Crippen LogP contribution in [-0.4, -0.2) is 11.0 Å².